The van der Waals surface area contributed by atoms with Crippen molar-refractivity contribution in [3.8, 4) is 11.8 Å². The van der Waals surface area contributed by atoms with Gasteiger partial charge in [-0.2, -0.15) is 10.1 Å². The fourth-order valence-electron chi connectivity index (χ4n) is 3.44. The zero-order valence-electron chi connectivity index (χ0n) is 15.4. The Hall–Kier alpha value is -2.71. The SMILES string of the molecule is CCCC1CCN(c2ncnc(Oc3cc(C)nn3C)c2[N+](=O)[O-])CC1. The summed E-state index contributed by atoms with van der Waals surface area (Å²) >= 11 is 0. The molecule has 0 aliphatic carbocycles. The molecule has 0 aromatic carbocycles. The van der Waals surface area contributed by atoms with Gasteiger partial charge in [-0.3, -0.25) is 10.1 Å². The summed E-state index contributed by atoms with van der Waals surface area (Å²) in [5.41, 5.74) is 0.567. The van der Waals surface area contributed by atoms with E-state index in [0.717, 1.165) is 31.6 Å². The van der Waals surface area contributed by atoms with Crippen LogP contribution in [0.2, 0.25) is 0 Å². The van der Waals surface area contributed by atoms with Crippen molar-refractivity contribution in [3.63, 3.8) is 0 Å². The van der Waals surface area contributed by atoms with Crippen LogP contribution in [0, 0.1) is 23.0 Å². The third-order valence-corrected chi connectivity index (χ3v) is 4.72. The number of anilines is 1. The predicted octanol–water partition coefficient (Wildman–Crippen LogP) is 3.24. The summed E-state index contributed by atoms with van der Waals surface area (Å²) in [6, 6.07) is 1.71. The maximum Gasteiger partial charge on any atom is 0.373 e. The zero-order valence-corrected chi connectivity index (χ0v) is 15.4. The Bertz CT molecular complexity index is 783. The highest BCUT2D eigenvalue weighted by atomic mass is 16.6. The van der Waals surface area contributed by atoms with E-state index in [-0.39, 0.29) is 11.6 Å². The van der Waals surface area contributed by atoms with Crippen molar-refractivity contribution in [2.75, 3.05) is 18.0 Å². The molecule has 3 heterocycles. The Morgan fingerprint density at radius 2 is 2.08 bits per heavy atom. The Labute approximate surface area is 152 Å². The van der Waals surface area contributed by atoms with Gasteiger partial charge in [0.2, 0.25) is 11.7 Å². The smallest absolute Gasteiger partial charge is 0.373 e. The van der Waals surface area contributed by atoms with Crippen LogP contribution in [0.1, 0.15) is 38.3 Å². The molecule has 1 aliphatic rings. The van der Waals surface area contributed by atoms with Gasteiger partial charge >= 0.3 is 11.6 Å². The second-order valence-electron chi connectivity index (χ2n) is 6.68. The summed E-state index contributed by atoms with van der Waals surface area (Å²) in [5.74, 6) is 1.36. The number of hydrogen-bond acceptors (Lipinski definition) is 7. The monoisotopic (exact) mass is 360 g/mol. The molecule has 9 nitrogen and oxygen atoms in total. The molecule has 0 saturated carbocycles. The number of rotatable bonds is 6. The third-order valence-electron chi connectivity index (χ3n) is 4.72. The normalized spacial score (nSPS) is 15.3. The highest BCUT2D eigenvalue weighted by Gasteiger charge is 2.31. The first-order valence-electron chi connectivity index (χ1n) is 8.92. The minimum atomic E-state index is -0.466. The number of aromatic nitrogens is 4. The number of aryl methyl sites for hydroxylation is 2. The molecule has 0 N–H and O–H groups in total. The van der Waals surface area contributed by atoms with Gasteiger partial charge in [0.15, 0.2) is 0 Å². The lowest BCUT2D eigenvalue weighted by atomic mass is 9.92. The van der Waals surface area contributed by atoms with Crippen molar-refractivity contribution in [2.24, 2.45) is 13.0 Å². The molecular weight excluding hydrogens is 336 g/mol. The molecule has 1 fully saturated rings. The molecule has 0 unspecified atom stereocenters. The molecular formula is C17H24N6O3. The molecule has 0 atom stereocenters. The summed E-state index contributed by atoms with van der Waals surface area (Å²) in [6.07, 6.45) is 5.73. The lowest BCUT2D eigenvalue weighted by molar-refractivity contribution is -0.385. The van der Waals surface area contributed by atoms with Gasteiger partial charge in [0.05, 0.1) is 10.6 Å². The van der Waals surface area contributed by atoms with E-state index in [4.69, 9.17) is 4.74 Å². The standard InChI is InChI=1S/C17H24N6O3/c1-4-5-13-6-8-22(9-7-13)16-15(23(24)25)17(19-11-18-16)26-14-10-12(2)20-21(14)3/h10-11,13H,4-9H2,1-3H3. The molecule has 3 rings (SSSR count). The van der Waals surface area contributed by atoms with Gasteiger partial charge < -0.3 is 9.64 Å². The van der Waals surface area contributed by atoms with Crippen LogP contribution in [0.5, 0.6) is 11.8 Å². The maximum absolute atomic E-state index is 11.7. The highest BCUT2D eigenvalue weighted by Crippen LogP contribution is 2.37. The number of piperidine rings is 1. The minimum Gasteiger partial charge on any atom is -0.415 e. The second kappa shape index (κ2) is 7.67. The average molecular weight is 360 g/mol. The van der Waals surface area contributed by atoms with Crippen LogP contribution in [0.3, 0.4) is 0 Å². The molecule has 26 heavy (non-hydrogen) atoms. The molecule has 9 heteroatoms. The molecule has 1 saturated heterocycles. The second-order valence-corrected chi connectivity index (χ2v) is 6.68. The fraction of sp³-hybridized carbons (Fsp3) is 0.588. The van der Waals surface area contributed by atoms with Crippen LogP contribution in [0.25, 0.3) is 0 Å². The van der Waals surface area contributed by atoms with Gasteiger partial charge in [-0.15, -0.1) is 0 Å². The summed E-state index contributed by atoms with van der Waals surface area (Å²) in [5, 5.41) is 15.9. The lowest BCUT2D eigenvalue weighted by Gasteiger charge is -2.32. The molecule has 0 spiro atoms. The van der Waals surface area contributed by atoms with E-state index in [1.54, 1.807) is 13.1 Å². The Morgan fingerprint density at radius 1 is 1.35 bits per heavy atom. The van der Waals surface area contributed by atoms with Crippen LogP contribution < -0.4 is 9.64 Å². The van der Waals surface area contributed by atoms with E-state index in [1.807, 2.05) is 11.8 Å². The number of hydrogen-bond donors (Lipinski definition) is 0. The van der Waals surface area contributed by atoms with Crippen molar-refractivity contribution in [2.45, 2.75) is 39.5 Å². The lowest BCUT2D eigenvalue weighted by Crippen LogP contribution is -2.34. The number of nitrogens with zero attached hydrogens (tertiary/aromatic N) is 6. The predicted molar refractivity (Wildman–Crippen MR) is 96.6 cm³/mol. The van der Waals surface area contributed by atoms with Crippen molar-refractivity contribution >= 4 is 11.5 Å². The van der Waals surface area contributed by atoms with Gasteiger partial charge in [0.25, 0.3) is 0 Å². The van der Waals surface area contributed by atoms with E-state index < -0.39 is 4.92 Å². The first-order chi connectivity index (χ1) is 12.5. The summed E-state index contributed by atoms with van der Waals surface area (Å²) in [4.78, 5) is 21.4. The maximum atomic E-state index is 11.7. The van der Waals surface area contributed by atoms with Crippen molar-refractivity contribution in [3.05, 3.63) is 28.2 Å². The fourth-order valence-corrected chi connectivity index (χ4v) is 3.44. The van der Waals surface area contributed by atoms with Gasteiger partial charge in [0, 0.05) is 26.2 Å². The van der Waals surface area contributed by atoms with E-state index in [1.165, 1.54) is 23.9 Å². The molecule has 140 valence electrons. The minimum absolute atomic E-state index is 0.0568. The summed E-state index contributed by atoms with van der Waals surface area (Å²) in [7, 11) is 1.72. The molecule has 2 aromatic rings. The first kappa shape index (κ1) is 18.1. The van der Waals surface area contributed by atoms with E-state index in [2.05, 4.69) is 22.0 Å². The quantitative estimate of drug-likeness (QED) is 0.576. The topological polar surface area (TPSA) is 99.2 Å². The van der Waals surface area contributed by atoms with Crippen molar-refractivity contribution in [1.82, 2.24) is 19.7 Å². The number of ether oxygens (including phenoxy) is 1. The molecule has 0 radical (unpaired) electrons. The van der Waals surface area contributed by atoms with E-state index in [9.17, 15) is 10.1 Å². The van der Waals surface area contributed by atoms with Crippen LogP contribution >= 0.6 is 0 Å². The Balaban J connectivity index is 1.87. The van der Waals surface area contributed by atoms with Crippen LogP contribution in [0.15, 0.2) is 12.4 Å². The number of nitro groups is 1. The van der Waals surface area contributed by atoms with Gasteiger partial charge in [0.1, 0.15) is 6.33 Å². The van der Waals surface area contributed by atoms with Crippen LogP contribution in [0.4, 0.5) is 11.5 Å². The van der Waals surface area contributed by atoms with Crippen molar-refractivity contribution in [1.29, 1.82) is 0 Å². The Morgan fingerprint density at radius 3 is 2.65 bits per heavy atom. The van der Waals surface area contributed by atoms with Crippen LogP contribution in [-0.4, -0.2) is 37.8 Å². The van der Waals surface area contributed by atoms with Crippen molar-refractivity contribution < 1.29 is 9.66 Å². The molecule has 0 amide bonds. The largest absolute Gasteiger partial charge is 0.415 e. The summed E-state index contributed by atoms with van der Waals surface area (Å²) in [6.45, 7) is 5.53. The average Bonchev–Trinajstić information content (AvgIpc) is 2.92. The molecule has 1 aliphatic heterocycles. The van der Waals surface area contributed by atoms with Crippen LogP contribution in [-0.2, 0) is 7.05 Å². The van der Waals surface area contributed by atoms with E-state index in [0.29, 0.717) is 17.6 Å². The van der Waals surface area contributed by atoms with E-state index >= 15 is 0 Å². The molecule has 0 bridgehead atoms. The van der Waals surface area contributed by atoms with Gasteiger partial charge in [-0.05, 0) is 25.7 Å². The highest BCUT2D eigenvalue weighted by molar-refractivity contribution is 5.63. The summed E-state index contributed by atoms with van der Waals surface area (Å²) < 4.78 is 7.22. The Kier molecular flexibility index (Phi) is 5.34. The van der Waals surface area contributed by atoms with Gasteiger partial charge in [-0.1, -0.05) is 19.8 Å². The zero-order chi connectivity index (χ0) is 18.7. The first-order valence-corrected chi connectivity index (χ1v) is 8.92. The molecule has 2 aromatic heterocycles. The third kappa shape index (κ3) is 3.76. The van der Waals surface area contributed by atoms with Gasteiger partial charge in [-0.25, -0.2) is 9.67 Å².